The molecule has 2 aliphatic rings. The second-order valence-electron chi connectivity index (χ2n) is 8.50. The summed E-state index contributed by atoms with van der Waals surface area (Å²) in [6.07, 6.45) is 0.720. The Morgan fingerprint density at radius 3 is 2.53 bits per heavy atom. The van der Waals surface area contributed by atoms with Gasteiger partial charge in [0.15, 0.2) is 11.5 Å². The standard InChI is InChI=1S/C26H25BrN2O5/c27-19-8-6-17(7-9-19)23-22(24(30)21-16-18-4-1-2-5-20(18)34-21)25(31)26(32)29(23)11-3-10-28-12-14-33-15-13-28/h1-2,4-9,16,23,31H,3,10-15H2/t23-/m1/s1. The van der Waals surface area contributed by atoms with Gasteiger partial charge >= 0.3 is 0 Å². The van der Waals surface area contributed by atoms with Crippen molar-refractivity contribution in [2.24, 2.45) is 0 Å². The summed E-state index contributed by atoms with van der Waals surface area (Å²) in [5.74, 6) is -1.42. The number of aliphatic hydroxyl groups excluding tert-OH is 1. The van der Waals surface area contributed by atoms with Crippen LogP contribution in [0.5, 0.6) is 0 Å². The SMILES string of the molecule is O=C(C1=C(O)C(=O)N(CCCN2CCOCC2)[C@@H]1c1ccc(Br)cc1)c1cc2ccccc2o1. The predicted octanol–water partition coefficient (Wildman–Crippen LogP) is 4.50. The highest BCUT2D eigenvalue weighted by molar-refractivity contribution is 9.10. The molecule has 1 amide bonds. The third-order valence-corrected chi connectivity index (χ3v) is 6.89. The van der Waals surface area contributed by atoms with Crippen LogP contribution in [0.25, 0.3) is 11.0 Å². The number of rotatable bonds is 7. The molecule has 1 aromatic heterocycles. The molecule has 0 aliphatic carbocycles. The zero-order chi connectivity index (χ0) is 23.7. The minimum atomic E-state index is -0.689. The number of ether oxygens (including phenoxy) is 1. The number of aliphatic hydroxyl groups is 1. The van der Waals surface area contributed by atoms with Crippen molar-refractivity contribution in [2.75, 3.05) is 39.4 Å². The van der Waals surface area contributed by atoms with Crippen molar-refractivity contribution in [3.8, 4) is 0 Å². The molecule has 3 heterocycles. The highest BCUT2D eigenvalue weighted by Crippen LogP contribution is 2.40. The maximum Gasteiger partial charge on any atom is 0.290 e. The summed E-state index contributed by atoms with van der Waals surface area (Å²) in [5.41, 5.74) is 1.39. The lowest BCUT2D eigenvalue weighted by Gasteiger charge is -2.30. The Kier molecular flexibility index (Phi) is 6.54. The van der Waals surface area contributed by atoms with E-state index in [0.717, 1.165) is 41.5 Å². The number of halogens is 1. The molecule has 7 nitrogen and oxygen atoms in total. The van der Waals surface area contributed by atoms with E-state index >= 15 is 0 Å². The summed E-state index contributed by atoms with van der Waals surface area (Å²) in [5, 5.41) is 11.6. The second kappa shape index (κ2) is 9.74. The van der Waals surface area contributed by atoms with Crippen LogP contribution in [-0.4, -0.2) is 66.0 Å². The third-order valence-electron chi connectivity index (χ3n) is 6.36. The summed E-state index contributed by atoms with van der Waals surface area (Å²) < 4.78 is 12.1. The molecule has 2 aromatic carbocycles. The molecule has 176 valence electrons. The number of benzene rings is 2. The molecule has 1 atom stereocenters. The first-order valence-electron chi connectivity index (χ1n) is 11.4. The van der Waals surface area contributed by atoms with Gasteiger partial charge in [0.2, 0.25) is 5.78 Å². The second-order valence-corrected chi connectivity index (χ2v) is 9.42. The average Bonchev–Trinajstić information content (AvgIpc) is 3.40. The summed E-state index contributed by atoms with van der Waals surface area (Å²) in [7, 11) is 0. The topological polar surface area (TPSA) is 83.2 Å². The van der Waals surface area contributed by atoms with Crippen LogP contribution in [0, 0.1) is 0 Å². The van der Waals surface area contributed by atoms with Crippen molar-refractivity contribution in [3.63, 3.8) is 0 Å². The fraction of sp³-hybridized carbons (Fsp3) is 0.308. The number of morpholine rings is 1. The molecule has 8 heteroatoms. The largest absolute Gasteiger partial charge is 0.503 e. The summed E-state index contributed by atoms with van der Waals surface area (Å²) >= 11 is 3.44. The van der Waals surface area contributed by atoms with Gasteiger partial charge in [-0.05, 0) is 36.2 Å². The molecule has 0 unspecified atom stereocenters. The molecule has 0 bridgehead atoms. The Morgan fingerprint density at radius 1 is 1.06 bits per heavy atom. The van der Waals surface area contributed by atoms with Crippen LogP contribution in [0.2, 0.25) is 0 Å². The number of fused-ring (bicyclic) bond motifs is 1. The number of nitrogens with zero attached hydrogens (tertiary/aromatic N) is 2. The van der Waals surface area contributed by atoms with Crippen molar-refractivity contribution < 1.29 is 23.8 Å². The van der Waals surface area contributed by atoms with E-state index in [-0.39, 0.29) is 11.3 Å². The lowest BCUT2D eigenvalue weighted by atomic mass is 9.95. The van der Waals surface area contributed by atoms with E-state index in [1.54, 1.807) is 17.0 Å². The van der Waals surface area contributed by atoms with Crippen LogP contribution in [0.15, 0.2) is 74.8 Å². The zero-order valence-electron chi connectivity index (χ0n) is 18.6. The Bertz CT molecular complexity index is 1210. The lowest BCUT2D eigenvalue weighted by molar-refractivity contribution is -0.129. The van der Waals surface area contributed by atoms with Crippen LogP contribution in [-0.2, 0) is 9.53 Å². The zero-order valence-corrected chi connectivity index (χ0v) is 20.2. The first-order valence-corrected chi connectivity index (χ1v) is 12.1. The molecular formula is C26H25BrN2O5. The number of ketones is 1. The van der Waals surface area contributed by atoms with E-state index in [1.807, 2.05) is 42.5 Å². The van der Waals surface area contributed by atoms with Crippen LogP contribution >= 0.6 is 15.9 Å². The fourth-order valence-corrected chi connectivity index (χ4v) is 4.89. The van der Waals surface area contributed by atoms with Crippen LogP contribution in [0.4, 0.5) is 0 Å². The molecule has 1 fully saturated rings. The van der Waals surface area contributed by atoms with E-state index < -0.39 is 23.5 Å². The number of amides is 1. The van der Waals surface area contributed by atoms with Crippen LogP contribution in [0.1, 0.15) is 28.6 Å². The van der Waals surface area contributed by atoms with E-state index in [4.69, 9.17) is 9.15 Å². The Labute approximate surface area is 205 Å². The number of carbonyl (C=O) groups is 2. The van der Waals surface area contributed by atoms with E-state index in [2.05, 4.69) is 20.8 Å². The van der Waals surface area contributed by atoms with Crippen molar-refractivity contribution in [1.29, 1.82) is 0 Å². The van der Waals surface area contributed by atoms with Crippen molar-refractivity contribution in [1.82, 2.24) is 9.80 Å². The van der Waals surface area contributed by atoms with E-state index in [1.165, 1.54) is 0 Å². The lowest BCUT2D eigenvalue weighted by Crippen LogP contribution is -2.39. The average molecular weight is 525 g/mol. The van der Waals surface area contributed by atoms with E-state index in [9.17, 15) is 14.7 Å². The number of hydrogen-bond donors (Lipinski definition) is 1. The molecule has 34 heavy (non-hydrogen) atoms. The third kappa shape index (κ3) is 4.41. The molecule has 0 spiro atoms. The summed E-state index contributed by atoms with van der Waals surface area (Å²) in [6.45, 7) is 4.38. The van der Waals surface area contributed by atoms with Gasteiger partial charge in [0, 0.05) is 36.0 Å². The molecule has 5 rings (SSSR count). The van der Waals surface area contributed by atoms with E-state index in [0.29, 0.717) is 25.3 Å². The molecule has 2 aliphatic heterocycles. The van der Waals surface area contributed by atoms with Crippen LogP contribution in [0.3, 0.4) is 0 Å². The van der Waals surface area contributed by atoms with Crippen molar-refractivity contribution >= 4 is 38.6 Å². The summed E-state index contributed by atoms with van der Waals surface area (Å²) in [6, 6.07) is 15.8. The Balaban J connectivity index is 1.45. The predicted molar refractivity (Wildman–Crippen MR) is 131 cm³/mol. The first-order chi connectivity index (χ1) is 16.5. The van der Waals surface area contributed by atoms with Crippen molar-refractivity contribution in [3.05, 3.63) is 81.7 Å². The smallest absolute Gasteiger partial charge is 0.290 e. The fourth-order valence-electron chi connectivity index (χ4n) is 4.62. The van der Waals surface area contributed by atoms with Gasteiger partial charge in [-0.2, -0.15) is 0 Å². The maximum atomic E-state index is 13.6. The minimum absolute atomic E-state index is 0.0535. The molecule has 0 saturated carbocycles. The minimum Gasteiger partial charge on any atom is -0.503 e. The number of Topliss-reactive ketones (excluding diaryl/α,β-unsaturated/α-hetero) is 1. The van der Waals surface area contributed by atoms with Gasteiger partial charge in [0.1, 0.15) is 5.58 Å². The van der Waals surface area contributed by atoms with Gasteiger partial charge in [-0.3, -0.25) is 14.5 Å². The Hall–Kier alpha value is -2.94. The van der Waals surface area contributed by atoms with Gasteiger partial charge in [0.05, 0.1) is 24.8 Å². The monoisotopic (exact) mass is 524 g/mol. The highest BCUT2D eigenvalue weighted by Gasteiger charge is 2.44. The van der Waals surface area contributed by atoms with Gasteiger partial charge in [-0.1, -0.05) is 46.3 Å². The molecule has 1 saturated heterocycles. The summed E-state index contributed by atoms with van der Waals surface area (Å²) in [4.78, 5) is 30.6. The molecule has 0 radical (unpaired) electrons. The number of para-hydroxylation sites is 1. The van der Waals surface area contributed by atoms with Gasteiger partial charge in [-0.25, -0.2) is 0 Å². The number of hydrogen-bond acceptors (Lipinski definition) is 6. The number of carbonyl (C=O) groups excluding carboxylic acids is 2. The Morgan fingerprint density at radius 2 is 1.79 bits per heavy atom. The molecular weight excluding hydrogens is 500 g/mol. The maximum absolute atomic E-state index is 13.6. The van der Waals surface area contributed by atoms with Gasteiger partial charge in [-0.15, -0.1) is 0 Å². The van der Waals surface area contributed by atoms with Crippen molar-refractivity contribution in [2.45, 2.75) is 12.5 Å². The number of furan rings is 1. The van der Waals surface area contributed by atoms with Crippen LogP contribution < -0.4 is 0 Å². The molecule has 1 N–H and O–H groups in total. The normalized spacial score (nSPS) is 19.4. The first kappa shape index (κ1) is 22.8. The van der Waals surface area contributed by atoms with Gasteiger partial charge < -0.3 is 19.2 Å². The van der Waals surface area contributed by atoms with Gasteiger partial charge in [0.25, 0.3) is 5.91 Å². The highest BCUT2D eigenvalue weighted by atomic mass is 79.9. The molecule has 3 aromatic rings. The quantitative estimate of drug-likeness (QED) is 0.458.